The van der Waals surface area contributed by atoms with E-state index in [1.807, 2.05) is 6.07 Å². The summed E-state index contributed by atoms with van der Waals surface area (Å²) >= 11 is 0. The van der Waals surface area contributed by atoms with Crippen LogP contribution in [0.3, 0.4) is 0 Å². The number of benzene rings is 1. The van der Waals surface area contributed by atoms with Crippen molar-refractivity contribution in [3.8, 4) is 11.5 Å². The first kappa shape index (κ1) is 14.2. The van der Waals surface area contributed by atoms with Crippen LogP contribution in [0.2, 0.25) is 0 Å². The number of nitrogens with one attached hydrogen (secondary N) is 1. The number of unbranched alkanes of at least 4 members (excludes halogenated alkanes) is 1. The molecule has 3 heteroatoms. The van der Waals surface area contributed by atoms with Gasteiger partial charge in [0.15, 0.2) is 11.5 Å². The molecule has 0 aromatic heterocycles. The lowest BCUT2D eigenvalue weighted by atomic mass is 10.0. The summed E-state index contributed by atoms with van der Waals surface area (Å²) in [6.45, 7) is 5.76. The van der Waals surface area contributed by atoms with Crippen LogP contribution in [0.1, 0.15) is 51.5 Å². The van der Waals surface area contributed by atoms with Crippen LogP contribution in [0.15, 0.2) is 18.2 Å². The average Bonchev–Trinajstić information content (AvgIpc) is 2.89. The minimum Gasteiger partial charge on any atom is -0.454 e. The smallest absolute Gasteiger partial charge is 0.231 e. The van der Waals surface area contributed by atoms with Gasteiger partial charge in [-0.1, -0.05) is 39.2 Å². The van der Waals surface area contributed by atoms with Gasteiger partial charge in [-0.3, -0.25) is 0 Å². The van der Waals surface area contributed by atoms with Gasteiger partial charge in [-0.15, -0.1) is 0 Å². The normalized spacial score (nSPS) is 14.6. The van der Waals surface area contributed by atoms with E-state index >= 15 is 0 Å². The Morgan fingerprint density at radius 2 is 1.95 bits per heavy atom. The summed E-state index contributed by atoms with van der Waals surface area (Å²) in [6.07, 6.45) is 6.34. The van der Waals surface area contributed by atoms with Crippen molar-refractivity contribution in [2.24, 2.45) is 0 Å². The number of hydrogen-bond donors (Lipinski definition) is 1. The highest BCUT2D eigenvalue weighted by molar-refractivity contribution is 5.44. The van der Waals surface area contributed by atoms with Gasteiger partial charge in [0.2, 0.25) is 6.79 Å². The first-order valence-electron chi connectivity index (χ1n) is 7.45. The Bertz CT molecular complexity index is 392. The van der Waals surface area contributed by atoms with Crippen LogP contribution >= 0.6 is 0 Å². The molecule has 1 aromatic carbocycles. The van der Waals surface area contributed by atoms with Gasteiger partial charge < -0.3 is 14.8 Å². The molecule has 0 saturated heterocycles. The zero-order valence-corrected chi connectivity index (χ0v) is 12.1. The molecule has 106 valence electrons. The topological polar surface area (TPSA) is 30.5 Å². The molecule has 1 unspecified atom stereocenters. The van der Waals surface area contributed by atoms with E-state index in [9.17, 15) is 0 Å². The van der Waals surface area contributed by atoms with Crippen molar-refractivity contribution in [1.82, 2.24) is 5.32 Å². The Morgan fingerprint density at radius 1 is 1.11 bits per heavy atom. The standard InChI is InChI=1S/C16H25NO2/c1-3-5-7-14(6-4-2)17-11-13-8-9-15-16(10-13)19-12-18-15/h8-10,14,17H,3-7,11-12H2,1-2H3. The largest absolute Gasteiger partial charge is 0.454 e. The van der Waals surface area contributed by atoms with Crippen LogP contribution < -0.4 is 14.8 Å². The fourth-order valence-corrected chi connectivity index (χ4v) is 2.46. The van der Waals surface area contributed by atoms with Crippen molar-refractivity contribution in [3.63, 3.8) is 0 Å². The second kappa shape index (κ2) is 7.39. The number of fused-ring (bicyclic) bond motifs is 1. The van der Waals surface area contributed by atoms with E-state index in [1.165, 1.54) is 37.7 Å². The minimum absolute atomic E-state index is 0.348. The molecule has 1 aliphatic rings. The predicted molar refractivity (Wildman–Crippen MR) is 77.6 cm³/mol. The van der Waals surface area contributed by atoms with E-state index in [-0.39, 0.29) is 0 Å². The van der Waals surface area contributed by atoms with E-state index in [0.717, 1.165) is 18.0 Å². The molecule has 0 saturated carbocycles. The summed E-state index contributed by atoms with van der Waals surface area (Å²) in [7, 11) is 0. The molecular weight excluding hydrogens is 238 g/mol. The maximum atomic E-state index is 5.41. The molecular formula is C16H25NO2. The summed E-state index contributed by atoms with van der Waals surface area (Å²) < 4.78 is 10.7. The van der Waals surface area contributed by atoms with Crippen LogP contribution in [0, 0.1) is 0 Å². The molecule has 1 aromatic rings. The van der Waals surface area contributed by atoms with Crippen LogP contribution in [-0.4, -0.2) is 12.8 Å². The van der Waals surface area contributed by atoms with Gasteiger partial charge in [0.05, 0.1) is 0 Å². The van der Waals surface area contributed by atoms with Crippen molar-refractivity contribution >= 4 is 0 Å². The molecule has 0 amide bonds. The SMILES string of the molecule is CCCCC(CCC)NCc1ccc2c(c1)OCO2. The molecule has 1 atom stereocenters. The van der Waals surface area contributed by atoms with Crippen molar-refractivity contribution in [3.05, 3.63) is 23.8 Å². The van der Waals surface area contributed by atoms with Gasteiger partial charge in [0, 0.05) is 12.6 Å². The summed E-state index contributed by atoms with van der Waals surface area (Å²) in [5, 5.41) is 3.67. The van der Waals surface area contributed by atoms with E-state index in [1.54, 1.807) is 0 Å². The molecule has 0 fully saturated rings. The Morgan fingerprint density at radius 3 is 2.74 bits per heavy atom. The van der Waals surface area contributed by atoms with Gasteiger partial charge >= 0.3 is 0 Å². The van der Waals surface area contributed by atoms with Crippen LogP contribution in [0.4, 0.5) is 0 Å². The van der Waals surface area contributed by atoms with Crippen LogP contribution in [0.25, 0.3) is 0 Å². The lowest BCUT2D eigenvalue weighted by molar-refractivity contribution is 0.174. The molecule has 0 aliphatic carbocycles. The Kier molecular flexibility index (Phi) is 5.52. The molecule has 19 heavy (non-hydrogen) atoms. The van der Waals surface area contributed by atoms with Gasteiger partial charge in [-0.25, -0.2) is 0 Å². The Balaban J connectivity index is 1.85. The average molecular weight is 263 g/mol. The summed E-state index contributed by atoms with van der Waals surface area (Å²) in [5.74, 6) is 1.74. The first-order valence-corrected chi connectivity index (χ1v) is 7.45. The van der Waals surface area contributed by atoms with Crippen molar-refractivity contribution in [2.75, 3.05) is 6.79 Å². The van der Waals surface area contributed by atoms with Gasteiger partial charge in [-0.2, -0.15) is 0 Å². The molecule has 3 nitrogen and oxygen atoms in total. The molecule has 0 bridgehead atoms. The van der Waals surface area contributed by atoms with Gasteiger partial charge in [0.25, 0.3) is 0 Å². The summed E-state index contributed by atoms with van der Waals surface area (Å²) in [4.78, 5) is 0. The quantitative estimate of drug-likeness (QED) is 0.772. The Labute approximate surface area is 116 Å². The fraction of sp³-hybridized carbons (Fsp3) is 0.625. The maximum Gasteiger partial charge on any atom is 0.231 e. The molecule has 1 N–H and O–H groups in total. The monoisotopic (exact) mass is 263 g/mol. The Hall–Kier alpha value is -1.22. The highest BCUT2D eigenvalue weighted by Gasteiger charge is 2.13. The number of hydrogen-bond acceptors (Lipinski definition) is 3. The van der Waals surface area contributed by atoms with Crippen molar-refractivity contribution in [1.29, 1.82) is 0 Å². The summed E-state index contributed by atoms with van der Waals surface area (Å²) in [6, 6.07) is 6.83. The molecule has 1 aliphatic heterocycles. The zero-order chi connectivity index (χ0) is 13.5. The minimum atomic E-state index is 0.348. The molecule has 0 spiro atoms. The highest BCUT2D eigenvalue weighted by atomic mass is 16.7. The number of rotatable bonds is 8. The number of ether oxygens (including phenoxy) is 2. The van der Waals surface area contributed by atoms with Crippen molar-refractivity contribution < 1.29 is 9.47 Å². The summed E-state index contributed by atoms with van der Waals surface area (Å²) in [5.41, 5.74) is 1.27. The van der Waals surface area contributed by atoms with E-state index in [4.69, 9.17) is 9.47 Å². The van der Waals surface area contributed by atoms with Crippen molar-refractivity contribution in [2.45, 2.75) is 58.5 Å². The lowest BCUT2D eigenvalue weighted by Gasteiger charge is -2.18. The van der Waals surface area contributed by atoms with E-state index in [0.29, 0.717) is 12.8 Å². The van der Waals surface area contributed by atoms with E-state index < -0.39 is 0 Å². The highest BCUT2D eigenvalue weighted by Crippen LogP contribution is 2.32. The zero-order valence-electron chi connectivity index (χ0n) is 12.1. The predicted octanol–water partition coefficient (Wildman–Crippen LogP) is 3.86. The molecule has 0 radical (unpaired) electrons. The second-order valence-corrected chi connectivity index (χ2v) is 5.20. The third kappa shape index (κ3) is 4.13. The van der Waals surface area contributed by atoms with Crippen LogP contribution in [0.5, 0.6) is 11.5 Å². The van der Waals surface area contributed by atoms with Crippen LogP contribution in [-0.2, 0) is 6.54 Å². The van der Waals surface area contributed by atoms with E-state index in [2.05, 4.69) is 31.3 Å². The third-order valence-corrected chi connectivity index (χ3v) is 3.58. The van der Waals surface area contributed by atoms with Gasteiger partial charge in [-0.05, 0) is 30.5 Å². The van der Waals surface area contributed by atoms with Gasteiger partial charge in [0.1, 0.15) is 0 Å². The lowest BCUT2D eigenvalue weighted by Crippen LogP contribution is -2.28. The maximum absolute atomic E-state index is 5.41. The third-order valence-electron chi connectivity index (χ3n) is 3.58. The second-order valence-electron chi connectivity index (χ2n) is 5.20. The molecule has 1 heterocycles. The fourth-order valence-electron chi connectivity index (χ4n) is 2.46. The molecule has 2 rings (SSSR count). The first-order chi connectivity index (χ1) is 9.33.